The Hall–Kier alpha value is -0.480. The van der Waals surface area contributed by atoms with Crippen molar-refractivity contribution >= 4 is 0 Å². The molecule has 24 valence electrons. The SMILES string of the molecule is C#C.CO. The van der Waals surface area contributed by atoms with Gasteiger partial charge in [-0.2, -0.15) is 0 Å². The van der Waals surface area contributed by atoms with Gasteiger partial charge in [0.25, 0.3) is 0 Å². The minimum absolute atomic E-state index is 1.00. The fourth-order valence-corrected chi connectivity index (χ4v) is 0. The van der Waals surface area contributed by atoms with Crippen molar-refractivity contribution in [3.05, 3.63) is 0 Å². The first-order valence-electron chi connectivity index (χ1n) is 0.781. The first-order chi connectivity index (χ1) is 2.00. The van der Waals surface area contributed by atoms with Gasteiger partial charge in [-0.1, -0.05) is 0 Å². The molecule has 0 saturated carbocycles. The van der Waals surface area contributed by atoms with E-state index in [2.05, 4.69) is 12.8 Å². The highest BCUT2D eigenvalue weighted by molar-refractivity contribution is 4.47. The van der Waals surface area contributed by atoms with Crippen LogP contribution in [0.15, 0.2) is 0 Å². The molecule has 1 nitrogen and oxygen atoms in total. The molecular weight excluding hydrogens is 52.0 g/mol. The lowest BCUT2D eigenvalue weighted by Gasteiger charge is -1.21. The van der Waals surface area contributed by atoms with Gasteiger partial charge in [-0.05, 0) is 0 Å². The third kappa shape index (κ3) is 1.78. The van der Waals surface area contributed by atoms with Gasteiger partial charge in [0.1, 0.15) is 0 Å². The summed E-state index contributed by atoms with van der Waals surface area (Å²) in [4.78, 5) is 0. The van der Waals surface area contributed by atoms with Crippen molar-refractivity contribution in [2.75, 3.05) is 7.11 Å². The van der Waals surface area contributed by atoms with Crippen LogP contribution in [0.4, 0.5) is 0 Å². The van der Waals surface area contributed by atoms with Crippen molar-refractivity contribution < 1.29 is 5.11 Å². The number of hydrogen-bond donors (Lipinski definition) is 1. The molecule has 0 unspecified atom stereocenters. The number of aliphatic hydroxyl groups excluding tert-OH is 1. The van der Waals surface area contributed by atoms with E-state index in [4.69, 9.17) is 5.11 Å². The number of terminal acetylenes is 1. The fourth-order valence-electron chi connectivity index (χ4n) is 0. The van der Waals surface area contributed by atoms with Gasteiger partial charge >= 0.3 is 0 Å². The Bertz CT molecular complexity index is 8.00. The summed E-state index contributed by atoms with van der Waals surface area (Å²) >= 11 is 0. The van der Waals surface area contributed by atoms with Crippen LogP contribution in [-0.4, -0.2) is 12.2 Å². The molecule has 1 N–H and O–H groups in total. The van der Waals surface area contributed by atoms with Gasteiger partial charge in [-0.3, -0.25) is 0 Å². The van der Waals surface area contributed by atoms with Crippen LogP contribution in [0.2, 0.25) is 0 Å². The minimum atomic E-state index is 1.00. The Morgan fingerprint density at radius 3 is 1.25 bits per heavy atom. The molecule has 0 radical (unpaired) electrons. The molecule has 0 aromatic heterocycles. The highest BCUT2D eigenvalue weighted by Crippen LogP contribution is 0.755. The van der Waals surface area contributed by atoms with E-state index in [1.807, 2.05) is 0 Å². The summed E-state index contributed by atoms with van der Waals surface area (Å²) in [6.45, 7) is 0. The van der Waals surface area contributed by atoms with Crippen LogP contribution in [0.3, 0.4) is 0 Å². The van der Waals surface area contributed by atoms with E-state index >= 15 is 0 Å². The second-order valence-corrected chi connectivity index (χ2v) is 0. The Morgan fingerprint density at radius 2 is 1.25 bits per heavy atom. The summed E-state index contributed by atoms with van der Waals surface area (Å²) in [6, 6.07) is 0. The minimum Gasteiger partial charge on any atom is -0.400 e. The Balaban J connectivity index is 0. The van der Waals surface area contributed by atoms with Gasteiger partial charge in [0.2, 0.25) is 0 Å². The molecule has 0 atom stereocenters. The first kappa shape index (κ1) is 9.68. The van der Waals surface area contributed by atoms with Crippen molar-refractivity contribution in [2.45, 2.75) is 0 Å². The van der Waals surface area contributed by atoms with Crippen molar-refractivity contribution in [1.82, 2.24) is 0 Å². The quantitative estimate of drug-likeness (QED) is 0.384. The van der Waals surface area contributed by atoms with Crippen molar-refractivity contribution in [3.8, 4) is 12.8 Å². The Kier molecular flexibility index (Phi) is 61.1. The second-order valence-electron chi connectivity index (χ2n) is 0. The second kappa shape index (κ2) is 25.3. The van der Waals surface area contributed by atoms with E-state index in [9.17, 15) is 0 Å². The maximum atomic E-state index is 7.00. The zero-order valence-electron chi connectivity index (χ0n) is 2.60. The first-order valence-corrected chi connectivity index (χ1v) is 0.781. The van der Waals surface area contributed by atoms with Gasteiger partial charge in [0.15, 0.2) is 0 Å². The molecule has 0 amide bonds. The topological polar surface area (TPSA) is 20.2 Å². The average Bonchev–Trinajstić information content (AvgIpc) is 1.50. The van der Waals surface area contributed by atoms with Gasteiger partial charge < -0.3 is 5.11 Å². The summed E-state index contributed by atoms with van der Waals surface area (Å²) in [6.07, 6.45) is 8.00. The van der Waals surface area contributed by atoms with Crippen LogP contribution in [-0.2, 0) is 0 Å². The maximum absolute atomic E-state index is 7.00. The molecule has 0 aliphatic rings. The number of hydrogen-bond acceptors (Lipinski definition) is 1. The lowest BCUT2D eigenvalue weighted by Crippen LogP contribution is -1.25. The molecule has 1 heteroatoms. The fraction of sp³-hybridized carbons (Fsp3) is 0.333. The average molecular weight is 58.1 g/mol. The lowest BCUT2D eigenvalue weighted by molar-refractivity contribution is 0.399. The predicted octanol–water partition coefficient (Wildman–Crippen LogP) is -0.142. The van der Waals surface area contributed by atoms with Gasteiger partial charge in [0.05, 0.1) is 0 Å². The smallest absolute Gasteiger partial charge is 0.0319 e. The zero-order chi connectivity index (χ0) is 4.00. The summed E-state index contributed by atoms with van der Waals surface area (Å²) in [5.41, 5.74) is 0. The Labute approximate surface area is 26.3 Å². The monoisotopic (exact) mass is 58.0 g/mol. The van der Waals surface area contributed by atoms with E-state index in [1.54, 1.807) is 0 Å². The molecule has 0 fully saturated rings. The van der Waals surface area contributed by atoms with E-state index in [0.717, 1.165) is 7.11 Å². The molecular formula is C3H6O. The van der Waals surface area contributed by atoms with E-state index in [-0.39, 0.29) is 0 Å². The van der Waals surface area contributed by atoms with Crippen molar-refractivity contribution in [3.63, 3.8) is 0 Å². The number of aliphatic hydroxyl groups is 1. The maximum Gasteiger partial charge on any atom is 0.0319 e. The highest BCUT2D eigenvalue weighted by Gasteiger charge is 0.839. The van der Waals surface area contributed by atoms with Crippen LogP contribution < -0.4 is 0 Å². The van der Waals surface area contributed by atoms with Crippen molar-refractivity contribution in [2.24, 2.45) is 0 Å². The molecule has 0 aromatic rings. The molecule has 0 aromatic carbocycles. The van der Waals surface area contributed by atoms with Crippen LogP contribution >= 0.6 is 0 Å². The van der Waals surface area contributed by atoms with Crippen LogP contribution in [0.25, 0.3) is 0 Å². The highest BCUT2D eigenvalue weighted by atomic mass is 16.2. The summed E-state index contributed by atoms with van der Waals surface area (Å²) < 4.78 is 0. The van der Waals surface area contributed by atoms with Crippen LogP contribution in [0, 0.1) is 12.8 Å². The lowest BCUT2D eigenvalue weighted by atomic mass is 11.4. The largest absolute Gasteiger partial charge is 0.400 e. The standard InChI is InChI=1S/C2H2.CH4O/c2*1-2/h1-2H;2H,1H3. The number of rotatable bonds is 0. The molecule has 0 saturated heterocycles. The zero-order valence-corrected chi connectivity index (χ0v) is 2.60. The van der Waals surface area contributed by atoms with Crippen molar-refractivity contribution in [1.29, 1.82) is 0 Å². The Morgan fingerprint density at radius 1 is 1.25 bits per heavy atom. The molecule has 0 rings (SSSR count). The molecule has 0 aliphatic carbocycles. The van der Waals surface area contributed by atoms with Gasteiger partial charge in [0, 0.05) is 7.11 Å². The molecule has 0 aliphatic heterocycles. The third-order valence-electron chi connectivity index (χ3n) is 0. The van der Waals surface area contributed by atoms with Crippen LogP contribution in [0.1, 0.15) is 0 Å². The third-order valence-corrected chi connectivity index (χ3v) is 0. The predicted molar refractivity (Wildman–Crippen MR) is 18.0 cm³/mol. The van der Waals surface area contributed by atoms with Gasteiger partial charge in [-0.25, -0.2) is 0 Å². The van der Waals surface area contributed by atoms with Gasteiger partial charge in [-0.15, -0.1) is 12.8 Å². The molecule has 0 bridgehead atoms. The summed E-state index contributed by atoms with van der Waals surface area (Å²) in [5, 5.41) is 7.00. The molecule has 4 heavy (non-hydrogen) atoms. The molecule has 0 heterocycles. The summed E-state index contributed by atoms with van der Waals surface area (Å²) in [5.74, 6) is 0. The normalized spacial score (nSPS) is 2.00. The van der Waals surface area contributed by atoms with E-state index < -0.39 is 0 Å². The van der Waals surface area contributed by atoms with Crippen LogP contribution in [0.5, 0.6) is 0 Å². The molecule has 0 spiro atoms. The van der Waals surface area contributed by atoms with E-state index in [0.29, 0.717) is 0 Å². The van der Waals surface area contributed by atoms with E-state index in [1.165, 1.54) is 0 Å². The summed E-state index contributed by atoms with van der Waals surface area (Å²) in [7, 11) is 1.00.